The molecule has 0 unspecified atom stereocenters. The Morgan fingerprint density at radius 1 is 1.47 bits per heavy atom. The first kappa shape index (κ1) is 14.0. The summed E-state index contributed by atoms with van der Waals surface area (Å²) in [6.07, 6.45) is 0.278. The van der Waals surface area contributed by atoms with Crippen LogP contribution in [0.2, 0.25) is 0 Å². The third-order valence-corrected chi connectivity index (χ3v) is 2.62. The third kappa shape index (κ3) is 5.70. The monoisotopic (exact) mass is 301 g/mol. The molecule has 0 spiro atoms. The summed E-state index contributed by atoms with van der Waals surface area (Å²) in [5.74, 6) is 0.611. The van der Waals surface area contributed by atoms with Crippen LogP contribution in [0.25, 0.3) is 0 Å². The largest absolute Gasteiger partial charge is 0.493 e. The maximum atomic E-state index is 11.3. The predicted molar refractivity (Wildman–Crippen MR) is 68.9 cm³/mol. The average Bonchev–Trinajstić information content (AvgIpc) is 2.31. The molecule has 1 amide bonds. The smallest absolute Gasteiger partial charge is 0.223 e. The summed E-state index contributed by atoms with van der Waals surface area (Å²) in [6, 6.07) is 7.21. The van der Waals surface area contributed by atoms with Crippen molar-refractivity contribution in [2.75, 3.05) is 13.2 Å². The molecule has 1 aromatic carbocycles. The highest BCUT2D eigenvalue weighted by Crippen LogP contribution is 2.16. The quantitative estimate of drug-likeness (QED) is 0.841. The van der Waals surface area contributed by atoms with Gasteiger partial charge in [0.25, 0.3) is 0 Å². The highest BCUT2D eigenvalue weighted by molar-refractivity contribution is 9.10. The third-order valence-electron chi connectivity index (χ3n) is 2.09. The standard InChI is InChI=1S/C12H16BrNO3/c1-9(8-15)14-12(16)6-7-17-11-4-2-10(13)3-5-11/h2-5,9,15H,6-8H2,1H3,(H,14,16)/t9-/m0/s1. The minimum absolute atomic E-state index is 0.0562. The normalized spacial score (nSPS) is 11.9. The number of hydrogen-bond acceptors (Lipinski definition) is 3. The van der Waals surface area contributed by atoms with Gasteiger partial charge in [-0.3, -0.25) is 4.79 Å². The van der Waals surface area contributed by atoms with E-state index in [0.29, 0.717) is 6.61 Å². The van der Waals surface area contributed by atoms with Crippen LogP contribution >= 0.6 is 15.9 Å². The summed E-state index contributed by atoms with van der Waals surface area (Å²) in [4.78, 5) is 11.3. The minimum Gasteiger partial charge on any atom is -0.493 e. The number of aliphatic hydroxyl groups is 1. The SMILES string of the molecule is C[C@@H](CO)NC(=O)CCOc1ccc(Br)cc1. The Balaban J connectivity index is 2.23. The Morgan fingerprint density at radius 3 is 2.71 bits per heavy atom. The fourth-order valence-electron chi connectivity index (χ4n) is 1.19. The van der Waals surface area contributed by atoms with Crippen LogP contribution in [0.3, 0.4) is 0 Å². The molecule has 1 aromatic rings. The van der Waals surface area contributed by atoms with Gasteiger partial charge in [0.2, 0.25) is 5.91 Å². The second-order valence-electron chi connectivity index (χ2n) is 3.70. The van der Waals surface area contributed by atoms with Crippen molar-refractivity contribution in [1.82, 2.24) is 5.32 Å². The molecule has 4 nitrogen and oxygen atoms in total. The molecule has 94 valence electrons. The molecule has 0 saturated carbocycles. The summed E-state index contributed by atoms with van der Waals surface area (Å²) < 4.78 is 6.39. The van der Waals surface area contributed by atoms with E-state index in [0.717, 1.165) is 10.2 Å². The van der Waals surface area contributed by atoms with Gasteiger partial charge in [-0.05, 0) is 31.2 Å². The van der Waals surface area contributed by atoms with Crippen LogP contribution < -0.4 is 10.1 Å². The number of nitrogens with one attached hydrogen (secondary N) is 1. The number of halogens is 1. The number of benzene rings is 1. The van der Waals surface area contributed by atoms with Crippen molar-refractivity contribution in [3.63, 3.8) is 0 Å². The van der Waals surface area contributed by atoms with E-state index < -0.39 is 0 Å². The minimum atomic E-state index is -0.213. The maximum Gasteiger partial charge on any atom is 0.223 e. The van der Waals surface area contributed by atoms with Crippen LogP contribution in [-0.2, 0) is 4.79 Å². The molecule has 0 radical (unpaired) electrons. The van der Waals surface area contributed by atoms with Crippen molar-refractivity contribution in [1.29, 1.82) is 0 Å². The van der Waals surface area contributed by atoms with E-state index in [1.54, 1.807) is 6.92 Å². The van der Waals surface area contributed by atoms with E-state index in [9.17, 15) is 4.79 Å². The van der Waals surface area contributed by atoms with Gasteiger partial charge in [-0.25, -0.2) is 0 Å². The molecular formula is C12H16BrNO3. The van der Waals surface area contributed by atoms with E-state index in [4.69, 9.17) is 9.84 Å². The van der Waals surface area contributed by atoms with E-state index in [1.807, 2.05) is 24.3 Å². The van der Waals surface area contributed by atoms with Crippen molar-refractivity contribution >= 4 is 21.8 Å². The van der Waals surface area contributed by atoms with Crippen LogP contribution in [0.4, 0.5) is 0 Å². The van der Waals surface area contributed by atoms with Crippen LogP contribution in [0.5, 0.6) is 5.75 Å². The molecule has 0 saturated heterocycles. The van der Waals surface area contributed by atoms with Crippen molar-refractivity contribution in [3.05, 3.63) is 28.7 Å². The van der Waals surface area contributed by atoms with E-state index in [1.165, 1.54) is 0 Å². The molecule has 0 aromatic heterocycles. The summed E-state index contributed by atoms with van der Waals surface area (Å²) >= 11 is 3.33. The second kappa shape index (κ2) is 7.29. The van der Waals surface area contributed by atoms with Gasteiger partial charge in [-0.1, -0.05) is 15.9 Å². The molecule has 0 bridgehead atoms. The van der Waals surface area contributed by atoms with Crippen LogP contribution in [-0.4, -0.2) is 30.3 Å². The van der Waals surface area contributed by atoms with Gasteiger partial charge in [0.05, 0.1) is 19.6 Å². The first-order chi connectivity index (χ1) is 8.11. The zero-order valence-corrected chi connectivity index (χ0v) is 11.2. The Kier molecular flexibility index (Phi) is 6.00. The van der Waals surface area contributed by atoms with E-state index in [2.05, 4.69) is 21.2 Å². The molecule has 0 aliphatic rings. The van der Waals surface area contributed by atoms with Gasteiger partial charge < -0.3 is 15.2 Å². The Hall–Kier alpha value is -1.07. The number of ether oxygens (including phenoxy) is 1. The highest BCUT2D eigenvalue weighted by Gasteiger charge is 2.05. The number of hydrogen-bond donors (Lipinski definition) is 2. The second-order valence-corrected chi connectivity index (χ2v) is 4.62. The van der Waals surface area contributed by atoms with Gasteiger partial charge in [0.15, 0.2) is 0 Å². The molecule has 0 aliphatic carbocycles. The summed E-state index contributed by atoms with van der Waals surface area (Å²) in [5.41, 5.74) is 0. The Bertz CT molecular complexity index is 353. The lowest BCUT2D eigenvalue weighted by atomic mass is 10.3. The molecule has 0 heterocycles. The predicted octanol–water partition coefficient (Wildman–Crippen LogP) is 1.71. The van der Waals surface area contributed by atoms with Crippen molar-refractivity contribution in [2.24, 2.45) is 0 Å². The first-order valence-corrected chi connectivity index (χ1v) is 6.19. The van der Waals surface area contributed by atoms with Crippen LogP contribution in [0, 0.1) is 0 Å². The Labute approximate surface area is 109 Å². The maximum absolute atomic E-state index is 11.3. The lowest BCUT2D eigenvalue weighted by Crippen LogP contribution is -2.35. The average molecular weight is 302 g/mol. The number of carbonyl (C=O) groups excluding carboxylic acids is 1. The van der Waals surface area contributed by atoms with Gasteiger partial charge >= 0.3 is 0 Å². The molecule has 17 heavy (non-hydrogen) atoms. The summed E-state index contributed by atoms with van der Waals surface area (Å²) in [6.45, 7) is 2.01. The zero-order chi connectivity index (χ0) is 12.7. The highest BCUT2D eigenvalue weighted by atomic mass is 79.9. The molecular weight excluding hydrogens is 286 g/mol. The first-order valence-electron chi connectivity index (χ1n) is 5.40. The number of rotatable bonds is 6. The molecule has 2 N–H and O–H groups in total. The van der Waals surface area contributed by atoms with Gasteiger partial charge in [0.1, 0.15) is 5.75 Å². The lowest BCUT2D eigenvalue weighted by Gasteiger charge is -2.11. The van der Waals surface area contributed by atoms with Crippen LogP contribution in [0.15, 0.2) is 28.7 Å². The van der Waals surface area contributed by atoms with E-state index >= 15 is 0 Å². The summed E-state index contributed by atoms with van der Waals surface area (Å²) in [7, 11) is 0. The summed E-state index contributed by atoms with van der Waals surface area (Å²) in [5, 5.41) is 11.4. The fourth-order valence-corrected chi connectivity index (χ4v) is 1.45. The van der Waals surface area contributed by atoms with Crippen LogP contribution in [0.1, 0.15) is 13.3 Å². The number of aliphatic hydroxyl groups excluding tert-OH is 1. The topological polar surface area (TPSA) is 58.6 Å². The molecule has 1 rings (SSSR count). The fraction of sp³-hybridized carbons (Fsp3) is 0.417. The van der Waals surface area contributed by atoms with Gasteiger partial charge in [0, 0.05) is 10.5 Å². The Morgan fingerprint density at radius 2 is 2.12 bits per heavy atom. The molecule has 5 heteroatoms. The van der Waals surface area contributed by atoms with Crippen molar-refractivity contribution in [3.8, 4) is 5.75 Å². The zero-order valence-electron chi connectivity index (χ0n) is 9.65. The van der Waals surface area contributed by atoms with Crippen molar-refractivity contribution in [2.45, 2.75) is 19.4 Å². The molecule has 0 fully saturated rings. The van der Waals surface area contributed by atoms with Crippen molar-refractivity contribution < 1.29 is 14.6 Å². The number of amides is 1. The lowest BCUT2D eigenvalue weighted by molar-refractivity contribution is -0.122. The van der Waals surface area contributed by atoms with Gasteiger partial charge in [-0.2, -0.15) is 0 Å². The molecule has 1 atom stereocenters. The van der Waals surface area contributed by atoms with E-state index in [-0.39, 0.29) is 25.0 Å². The van der Waals surface area contributed by atoms with Gasteiger partial charge in [-0.15, -0.1) is 0 Å². The number of carbonyl (C=O) groups is 1. The molecule has 0 aliphatic heterocycles.